The normalized spacial score (nSPS) is 12.6. The summed E-state index contributed by atoms with van der Waals surface area (Å²) in [7, 11) is 1.91. The molecule has 0 aliphatic rings. The van der Waals surface area contributed by atoms with Crippen molar-refractivity contribution in [2.45, 2.75) is 19.4 Å². The van der Waals surface area contributed by atoms with Crippen molar-refractivity contribution < 1.29 is 0 Å². The van der Waals surface area contributed by atoms with Crippen molar-refractivity contribution in [3.63, 3.8) is 0 Å². The summed E-state index contributed by atoms with van der Waals surface area (Å²) in [5.41, 5.74) is 2.23. The quantitative estimate of drug-likeness (QED) is 0.913. The van der Waals surface area contributed by atoms with Crippen LogP contribution in [0.4, 0.5) is 0 Å². The Morgan fingerprint density at radius 2 is 1.95 bits per heavy atom. The number of aromatic nitrogens is 2. The lowest BCUT2D eigenvalue weighted by atomic mass is 10.0. The summed E-state index contributed by atoms with van der Waals surface area (Å²) in [6, 6.07) is 8.04. The van der Waals surface area contributed by atoms with E-state index in [1.807, 2.05) is 36.0 Å². The van der Waals surface area contributed by atoms with E-state index in [2.05, 4.69) is 17.3 Å². The topological polar surface area (TPSA) is 29.9 Å². The Kier molecular flexibility index (Phi) is 4.86. The number of aryl methyl sites for hydroxylation is 1. The fourth-order valence-electron chi connectivity index (χ4n) is 2.18. The van der Waals surface area contributed by atoms with E-state index in [4.69, 9.17) is 23.2 Å². The molecule has 0 bridgehead atoms. The summed E-state index contributed by atoms with van der Waals surface area (Å²) in [5.74, 6) is 0. The Morgan fingerprint density at radius 1 is 1.26 bits per heavy atom. The maximum Gasteiger partial charge on any atom is 0.0834 e. The first kappa shape index (κ1) is 14.4. The second kappa shape index (κ2) is 6.42. The summed E-state index contributed by atoms with van der Waals surface area (Å²) in [4.78, 5) is 0. The van der Waals surface area contributed by atoms with E-state index in [9.17, 15) is 0 Å². The van der Waals surface area contributed by atoms with Gasteiger partial charge in [-0.3, -0.25) is 4.68 Å². The molecule has 1 atom stereocenters. The molecule has 0 aliphatic carbocycles. The van der Waals surface area contributed by atoms with Gasteiger partial charge in [-0.2, -0.15) is 5.10 Å². The molecule has 2 aromatic rings. The minimum Gasteiger partial charge on any atom is -0.309 e. The van der Waals surface area contributed by atoms with Gasteiger partial charge in [0.2, 0.25) is 0 Å². The predicted molar refractivity (Wildman–Crippen MR) is 79.8 cm³/mol. The van der Waals surface area contributed by atoms with Crippen molar-refractivity contribution in [3.05, 3.63) is 51.8 Å². The van der Waals surface area contributed by atoms with Gasteiger partial charge in [-0.25, -0.2) is 0 Å². The SMILES string of the molecule is CCNC(Cc1ccc(Cl)cc1)c1c(Cl)cnn1C. The van der Waals surface area contributed by atoms with E-state index in [-0.39, 0.29) is 6.04 Å². The smallest absolute Gasteiger partial charge is 0.0834 e. The van der Waals surface area contributed by atoms with Gasteiger partial charge in [-0.05, 0) is 30.7 Å². The van der Waals surface area contributed by atoms with Gasteiger partial charge in [0.15, 0.2) is 0 Å². The minimum absolute atomic E-state index is 0.145. The average molecular weight is 298 g/mol. The maximum absolute atomic E-state index is 6.22. The highest BCUT2D eigenvalue weighted by atomic mass is 35.5. The van der Waals surface area contributed by atoms with Gasteiger partial charge in [0.05, 0.1) is 23.0 Å². The number of rotatable bonds is 5. The molecule has 19 heavy (non-hydrogen) atoms. The Labute approximate surface area is 123 Å². The second-order valence-electron chi connectivity index (χ2n) is 4.44. The van der Waals surface area contributed by atoms with Crippen LogP contribution in [0.2, 0.25) is 10.0 Å². The molecular weight excluding hydrogens is 281 g/mol. The van der Waals surface area contributed by atoms with Crippen molar-refractivity contribution in [2.24, 2.45) is 7.05 Å². The zero-order chi connectivity index (χ0) is 13.8. The minimum atomic E-state index is 0.145. The maximum atomic E-state index is 6.22. The Bertz CT molecular complexity index is 515. The van der Waals surface area contributed by atoms with E-state index < -0.39 is 0 Å². The molecule has 2 rings (SSSR count). The molecule has 5 heteroatoms. The number of nitrogens with one attached hydrogen (secondary N) is 1. The highest BCUT2D eigenvalue weighted by Gasteiger charge is 2.18. The van der Waals surface area contributed by atoms with E-state index >= 15 is 0 Å². The van der Waals surface area contributed by atoms with Crippen molar-refractivity contribution in [2.75, 3.05) is 6.54 Å². The van der Waals surface area contributed by atoms with Gasteiger partial charge in [0.25, 0.3) is 0 Å². The van der Waals surface area contributed by atoms with Crippen LogP contribution in [-0.2, 0) is 13.5 Å². The van der Waals surface area contributed by atoms with Crippen molar-refractivity contribution >= 4 is 23.2 Å². The van der Waals surface area contributed by atoms with E-state index in [1.165, 1.54) is 5.56 Å². The molecule has 102 valence electrons. The van der Waals surface area contributed by atoms with Crippen LogP contribution in [0.1, 0.15) is 24.2 Å². The third-order valence-corrected chi connectivity index (χ3v) is 3.61. The fourth-order valence-corrected chi connectivity index (χ4v) is 2.60. The standard InChI is InChI=1S/C14H17Cl2N3/c1-3-17-13(14-12(16)9-18-19(14)2)8-10-4-6-11(15)7-5-10/h4-7,9,13,17H,3,8H2,1-2H3. The highest BCUT2D eigenvalue weighted by Crippen LogP contribution is 2.25. The lowest BCUT2D eigenvalue weighted by Crippen LogP contribution is -2.25. The molecule has 0 radical (unpaired) electrons. The van der Waals surface area contributed by atoms with Crippen LogP contribution in [0.5, 0.6) is 0 Å². The molecule has 1 aromatic carbocycles. The van der Waals surface area contributed by atoms with Crippen molar-refractivity contribution in [1.82, 2.24) is 15.1 Å². The van der Waals surface area contributed by atoms with Crippen molar-refractivity contribution in [3.8, 4) is 0 Å². The van der Waals surface area contributed by atoms with Crippen molar-refractivity contribution in [1.29, 1.82) is 0 Å². The van der Waals surface area contributed by atoms with Gasteiger partial charge in [0, 0.05) is 12.1 Å². The third kappa shape index (κ3) is 3.50. The molecule has 1 N–H and O–H groups in total. The summed E-state index contributed by atoms with van der Waals surface area (Å²) >= 11 is 12.1. The van der Waals surface area contributed by atoms with Crippen LogP contribution in [0.25, 0.3) is 0 Å². The predicted octanol–water partition coefficient (Wildman–Crippen LogP) is 3.62. The first-order valence-corrected chi connectivity index (χ1v) is 7.02. The molecule has 1 heterocycles. The fraction of sp³-hybridized carbons (Fsp3) is 0.357. The van der Waals surface area contributed by atoms with E-state index in [1.54, 1.807) is 6.20 Å². The summed E-state index contributed by atoms with van der Waals surface area (Å²) in [6.45, 7) is 2.96. The van der Waals surface area contributed by atoms with E-state index in [0.717, 1.165) is 23.7 Å². The number of likely N-dealkylation sites (N-methyl/N-ethyl adjacent to an activating group) is 1. The molecule has 0 aliphatic heterocycles. The molecule has 0 amide bonds. The van der Waals surface area contributed by atoms with E-state index in [0.29, 0.717) is 5.02 Å². The van der Waals surface area contributed by atoms with Gasteiger partial charge in [0.1, 0.15) is 0 Å². The molecule has 3 nitrogen and oxygen atoms in total. The number of hydrogen-bond donors (Lipinski definition) is 1. The Balaban J connectivity index is 2.23. The van der Waals surface area contributed by atoms with Crippen LogP contribution in [0.3, 0.4) is 0 Å². The largest absolute Gasteiger partial charge is 0.309 e. The zero-order valence-electron chi connectivity index (χ0n) is 11.0. The lowest BCUT2D eigenvalue weighted by molar-refractivity contribution is 0.508. The molecule has 0 saturated heterocycles. The van der Waals surface area contributed by atoms with Crippen LogP contribution < -0.4 is 5.32 Å². The third-order valence-electron chi connectivity index (χ3n) is 3.07. The first-order chi connectivity index (χ1) is 9.11. The van der Waals surface area contributed by atoms with Gasteiger partial charge in [-0.15, -0.1) is 0 Å². The molecule has 0 fully saturated rings. The first-order valence-electron chi connectivity index (χ1n) is 6.27. The molecule has 1 aromatic heterocycles. The highest BCUT2D eigenvalue weighted by molar-refractivity contribution is 6.31. The monoisotopic (exact) mass is 297 g/mol. The van der Waals surface area contributed by atoms with Gasteiger partial charge < -0.3 is 5.32 Å². The van der Waals surface area contributed by atoms with Crippen LogP contribution in [0.15, 0.2) is 30.5 Å². The molecule has 1 unspecified atom stereocenters. The summed E-state index contributed by atoms with van der Waals surface area (Å²) < 4.78 is 1.82. The second-order valence-corrected chi connectivity index (χ2v) is 5.29. The lowest BCUT2D eigenvalue weighted by Gasteiger charge is -2.19. The molecule has 0 spiro atoms. The Morgan fingerprint density at radius 3 is 2.47 bits per heavy atom. The summed E-state index contributed by atoms with van der Waals surface area (Å²) in [5, 5.41) is 9.10. The number of halogens is 2. The van der Waals surface area contributed by atoms with Crippen LogP contribution in [-0.4, -0.2) is 16.3 Å². The van der Waals surface area contributed by atoms with Crippen LogP contribution in [0, 0.1) is 0 Å². The van der Waals surface area contributed by atoms with Crippen LogP contribution >= 0.6 is 23.2 Å². The summed E-state index contributed by atoms with van der Waals surface area (Å²) in [6.07, 6.45) is 2.54. The zero-order valence-corrected chi connectivity index (χ0v) is 12.5. The Hall–Kier alpha value is -1.03. The average Bonchev–Trinajstić information content (AvgIpc) is 2.71. The number of hydrogen-bond acceptors (Lipinski definition) is 2. The number of benzene rings is 1. The van der Waals surface area contributed by atoms with Gasteiger partial charge >= 0.3 is 0 Å². The van der Waals surface area contributed by atoms with Gasteiger partial charge in [-0.1, -0.05) is 42.3 Å². The molecular formula is C14H17Cl2N3. The number of nitrogens with zero attached hydrogens (tertiary/aromatic N) is 2. The molecule has 0 saturated carbocycles.